The number of nitrogens with zero attached hydrogens (tertiary/aromatic N) is 2. The number of aromatic nitrogens is 2. The van der Waals surface area contributed by atoms with Crippen LogP contribution in [0.2, 0.25) is 0 Å². The molecule has 1 aromatic rings. The van der Waals surface area contributed by atoms with Gasteiger partial charge in [0.25, 0.3) is 0 Å². The Kier molecular flexibility index (Phi) is 5.06. The molecular formula is C15H23N3O2. The molecule has 0 aliphatic carbocycles. The van der Waals surface area contributed by atoms with E-state index >= 15 is 0 Å². The van der Waals surface area contributed by atoms with Gasteiger partial charge in [-0.25, -0.2) is 9.97 Å². The van der Waals surface area contributed by atoms with Crippen LogP contribution in [0.1, 0.15) is 38.9 Å². The second kappa shape index (κ2) is 6.79. The fraction of sp³-hybridized carbons (Fsp3) is 0.667. The Labute approximate surface area is 120 Å². The first-order valence-corrected chi connectivity index (χ1v) is 7.22. The fourth-order valence-corrected chi connectivity index (χ4v) is 2.56. The van der Waals surface area contributed by atoms with Crippen LogP contribution in [0.4, 0.5) is 0 Å². The summed E-state index contributed by atoms with van der Waals surface area (Å²) in [6, 6.07) is 1.77. The topological polar surface area (TPSA) is 64.1 Å². The Balaban J connectivity index is 1.67. The van der Waals surface area contributed by atoms with Gasteiger partial charge in [-0.05, 0) is 38.7 Å². The number of carbonyl (C=O) groups excluding carboxylic acids is 1. The molecule has 0 spiro atoms. The van der Waals surface area contributed by atoms with Crippen LogP contribution < -0.4 is 5.32 Å². The Bertz CT molecular complexity index is 434. The molecule has 0 bridgehead atoms. The van der Waals surface area contributed by atoms with Gasteiger partial charge < -0.3 is 10.1 Å². The van der Waals surface area contributed by atoms with E-state index in [1.807, 2.05) is 0 Å². The van der Waals surface area contributed by atoms with E-state index < -0.39 is 0 Å². The lowest BCUT2D eigenvalue weighted by molar-refractivity contribution is -0.122. The highest BCUT2D eigenvalue weighted by atomic mass is 16.5. The third-order valence-electron chi connectivity index (χ3n) is 3.58. The van der Waals surface area contributed by atoms with Crippen LogP contribution in [-0.4, -0.2) is 34.6 Å². The molecule has 1 atom stereocenters. The van der Waals surface area contributed by atoms with Gasteiger partial charge in [0.2, 0.25) is 5.91 Å². The van der Waals surface area contributed by atoms with Gasteiger partial charge in [0, 0.05) is 38.4 Å². The summed E-state index contributed by atoms with van der Waals surface area (Å²) in [6.07, 6.45) is 6.44. The van der Waals surface area contributed by atoms with E-state index in [0.29, 0.717) is 18.8 Å². The minimum atomic E-state index is -0.0640. The average Bonchev–Trinajstić information content (AvgIpc) is 2.43. The van der Waals surface area contributed by atoms with E-state index in [0.717, 1.165) is 31.8 Å². The Hall–Kier alpha value is -1.49. The van der Waals surface area contributed by atoms with Crippen LogP contribution in [-0.2, 0) is 16.0 Å². The molecule has 0 saturated carbocycles. The maximum atomic E-state index is 11.8. The summed E-state index contributed by atoms with van der Waals surface area (Å²) in [7, 11) is 0. The molecule has 1 saturated heterocycles. The summed E-state index contributed by atoms with van der Waals surface area (Å²) in [5.41, 5.74) is -0.0640. The standard InChI is InChI=1S/C15H23N3O2/c1-15(2)10-12(6-9-20-15)11-18-14(19)5-4-13-16-7-3-8-17-13/h3,7-8,12H,4-6,9-11H2,1-2H3,(H,18,19). The fourth-order valence-electron chi connectivity index (χ4n) is 2.56. The molecule has 20 heavy (non-hydrogen) atoms. The third kappa shape index (κ3) is 4.89. The van der Waals surface area contributed by atoms with Gasteiger partial charge in [-0.2, -0.15) is 0 Å². The van der Waals surface area contributed by atoms with E-state index in [-0.39, 0.29) is 11.5 Å². The number of hydrogen-bond acceptors (Lipinski definition) is 4. The first-order chi connectivity index (χ1) is 9.55. The quantitative estimate of drug-likeness (QED) is 0.890. The van der Waals surface area contributed by atoms with Crippen molar-refractivity contribution >= 4 is 5.91 Å². The summed E-state index contributed by atoms with van der Waals surface area (Å²) >= 11 is 0. The van der Waals surface area contributed by atoms with Crippen molar-refractivity contribution < 1.29 is 9.53 Å². The molecule has 0 aromatic carbocycles. The average molecular weight is 277 g/mol. The number of rotatable bonds is 5. The smallest absolute Gasteiger partial charge is 0.220 e. The van der Waals surface area contributed by atoms with Gasteiger partial charge in [0.1, 0.15) is 5.82 Å². The van der Waals surface area contributed by atoms with Crippen LogP contribution in [0.25, 0.3) is 0 Å². The first kappa shape index (κ1) is 14.9. The lowest BCUT2D eigenvalue weighted by Gasteiger charge is -2.35. The summed E-state index contributed by atoms with van der Waals surface area (Å²) in [5.74, 6) is 1.30. The highest BCUT2D eigenvalue weighted by Gasteiger charge is 2.28. The van der Waals surface area contributed by atoms with Crippen molar-refractivity contribution in [2.24, 2.45) is 5.92 Å². The minimum Gasteiger partial charge on any atom is -0.376 e. The molecule has 1 aliphatic heterocycles. The largest absolute Gasteiger partial charge is 0.376 e. The number of amides is 1. The van der Waals surface area contributed by atoms with Crippen molar-refractivity contribution in [3.63, 3.8) is 0 Å². The molecule has 1 fully saturated rings. The molecule has 2 heterocycles. The molecular weight excluding hydrogens is 254 g/mol. The van der Waals surface area contributed by atoms with Gasteiger partial charge in [0.15, 0.2) is 0 Å². The highest BCUT2D eigenvalue weighted by molar-refractivity contribution is 5.76. The van der Waals surface area contributed by atoms with Gasteiger partial charge in [0.05, 0.1) is 5.60 Å². The Morgan fingerprint density at radius 1 is 1.45 bits per heavy atom. The molecule has 5 heteroatoms. The Morgan fingerprint density at radius 2 is 2.20 bits per heavy atom. The lowest BCUT2D eigenvalue weighted by Crippen LogP contribution is -2.39. The van der Waals surface area contributed by atoms with E-state index in [1.165, 1.54) is 0 Å². The normalized spacial score (nSPS) is 21.4. The highest BCUT2D eigenvalue weighted by Crippen LogP contribution is 2.27. The van der Waals surface area contributed by atoms with Crippen molar-refractivity contribution in [1.29, 1.82) is 0 Å². The van der Waals surface area contributed by atoms with Crippen molar-refractivity contribution in [3.05, 3.63) is 24.3 Å². The molecule has 5 nitrogen and oxygen atoms in total. The van der Waals surface area contributed by atoms with E-state index in [1.54, 1.807) is 18.5 Å². The first-order valence-electron chi connectivity index (χ1n) is 7.22. The second-order valence-electron chi connectivity index (χ2n) is 5.94. The molecule has 0 radical (unpaired) electrons. The van der Waals surface area contributed by atoms with Crippen LogP contribution in [0.3, 0.4) is 0 Å². The summed E-state index contributed by atoms with van der Waals surface area (Å²) in [5, 5.41) is 3.01. The van der Waals surface area contributed by atoms with Crippen LogP contribution in [0, 0.1) is 5.92 Å². The van der Waals surface area contributed by atoms with E-state index in [9.17, 15) is 4.79 Å². The zero-order valence-electron chi connectivity index (χ0n) is 12.3. The minimum absolute atomic E-state index is 0.0640. The van der Waals surface area contributed by atoms with Crippen molar-refractivity contribution in [3.8, 4) is 0 Å². The number of hydrogen-bond donors (Lipinski definition) is 1. The van der Waals surface area contributed by atoms with Crippen molar-refractivity contribution in [2.45, 2.75) is 45.1 Å². The summed E-state index contributed by atoms with van der Waals surface area (Å²) in [4.78, 5) is 20.0. The zero-order valence-corrected chi connectivity index (χ0v) is 12.3. The maximum Gasteiger partial charge on any atom is 0.220 e. The molecule has 1 aliphatic rings. The van der Waals surface area contributed by atoms with Crippen molar-refractivity contribution in [2.75, 3.05) is 13.2 Å². The monoisotopic (exact) mass is 277 g/mol. The predicted octanol–water partition coefficient (Wildman–Crippen LogP) is 1.73. The third-order valence-corrected chi connectivity index (χ3v) is 3.58. The molecule has 1 unspecified atom stereocenters. The van der Waals surface area contributed by atoms with Crippen LogP contribution >= 0.6 is 0 Å². The molecule has 2 rings (SSSR count). The SMILES string of the molecule is CC1(C)CC(CNC(=O)CCc2ncccn2)CCO1. The number of nitrogens with one attached hydrogen (secondary N) is 1. The number of ether oxygens (including phenoxy) is 1. The van der Waals surface area contributed by atoms with Gasteiger partial charge in [-0.1, -0.05) is 0 Å². The van der Waals surface area contributed by atoms with Crippen LogP contribution in [0.5, 0.6) is 0 Å². The zero-order chi connectivity index (χ0) is 14.4. The molecule has 1 N–H and O–H groups in total. The maximum absolute atomic E-state index is 11.8. The Morgan fingerprint density at radius 3 is 2.90 bits per heavy atom. The predicted molar refractivity (Wildman–Crippen MR) is 76.1 cm³/mol. The van der Waals surface area contributed by atoms with E-state index in [2.05, 4.69) is 29.1 Å². The van der Waals surface area contributed by atoms with Gasteiger partial charge >= 0.3 is 0 Å². The molecule has 110 valence electrons. The number of aryl methyl sites for hydroxylation is 1. The van der Waals surface area contributed by atoms with E-state index in [4.69, 9.17) is 4.74 Å². The summed E-state index contributed by atoms with van der Waals surface area (Å²) in [6.45, 7) is 5.73. The molecule has 1 amide bonds. The second-order valence-corrected chi connectivity index (χ2v) is 5.94. The lowest BCUT2D eigenvalue weighted by atomic mass is 9.88. The summed E-state index contributed by atoms with van der Waals surface area (Å²) < 4.78 is 5.68. The number of carbonyl (C=O) groups is 1. The van der Waals surface area contributed by atoms with Gasteiger partial charge in [-0.15, -0.1) is 0 Å². The van der Waals surface area contributed by atoms with Gasteiger partial charge in [-0.3, -0.25) is 4.79 Å². The molecule has 1 aromatic heterocycles. The van der Waals surface area contributed by atoms with Crippen LogP contribution in [0.15, 0.2) is 18.5 Å². The van der Waals surface area contributed by atoms with Crippen molar-refractivity contribution in [1.82, 2.24) is 15.3 Å².